The number of rotatable bonds is 5. The molecule has 0 amide bonds. The van der Waals surface area contributed by atoms with Gasteiger partial charge in [0.25, 0.3) is 0 Å². The van der Waals surface area contributed by atoms with Gasteiger partial charge in [-0.2, -0.15) is 0 Å². The van der Waals surface area contributed by atoms with Gasteiger partial charge in [0, 0.05) is 5.56 Å². The first kappa shape index (κ1) is 13.2. The van der Waals surface area contributed by atoms with E-state index in [4.69, 9.17) is 9.52 Å². The van der Waals surface area contributed by atoms with Gasteiger partial charge in [-0.3, -0.25) is 10.1 Å². The number of aliphatic carboxylic acids is 1. The molecule has 7 heteroatoms. The summed E-state index contributed by atoms with van der Waals surface area (Å²) >= 11 is 0. The quantitative estimate of drug-likeness (QED) is 0.850. The highest BCUT2D eigenvalue weighted by atomic mass is 19.1. The van der Waals surface area contributed by atoms with Crippen LogP contribution in [0, 0.1) is 5.82 Å². The summed E-state index contributed by atoms with van der Waals surface area (Å²) < 4.78 is 18.1. The maximum Gasteiger partial charge on any atom is 0.320 e. The molecule has 1 atom stereocenters. The zero-order chi connectivity index (χ0) is 13.8. The number of nitrogens with one attached hydrogen (secondary N) is 1. The largest absolute Gasteiger partial charge is 0.480 e. The molecule has 1 unspecified atom stereocenters. The molecular formula is C12H12FN3O3. The van der Waals surface area contributed by atoms with Crippen molar-refractivity contribution in [2.45, 2.75) is 19.5 Å². The summed E-state index contributed by atoms with van der Waals surface area (Å²) in [6.07, 6.45) is 0. The van der Waals surface area contributed by atoms with E-state index in [9.17, 15) is 9.18 Å². The summed E-state index contributed by atoms with van der Waals surface area (Å²) in [4.78, 5) is 10.6. The molecule has 1 heterocycles. The number of carboxylic acid groups (broad SMARTS) is 1. The van der Waals surface area contributed by atoms with E-state index < -0.39 is 12.0 Å². The Bertz CT molecular complexity index is 568. The minimum absolute atomic E-state index is 0.154. The molecule has 0 aliphatic heterocycles. The molecule has 2 rings (SSSR count). The van der Waals surface area contributed by atoms with Crippen LogP contribution in [-0.4, -0.2) is 27.3 Å². The molecule has 19 heavy (non-hydrogen) atoms. The minimum atomic E-state index is -0.960. The van der Waals surface area contributed by atoms with Crippen LogP contribution in [0.1, 0.15) is 12.8 Å². The highest BCUT2D eigenvalue weighted by Crippen LogP contribution is 2.17. The van der Waals surface area contributed by atoms with Gasteiger partial charge in [-0.05, 0) is 31.2 Å². The molecule has 0 radical (unpaired) electrons. The van der Waals surface area contributed by atoms with Crippen molar-refractivity contribution >= 4 is 5.97 Å². The van der Waals surface area contributed by atoms with Crippen LogP contribution in [0.15, 0.2) is 28.7 Å². The molecule has 0 spiro atoms. The summed E-state index contributed by atoms with van der Waals surface area (Å²) in [5, 5.41) is 19.0. The van der Waals surface area contributed by atoms with Crippen molar-refractivity contribution in [3.8, 4) is 11.5 Å². The van der Waals surface area contributed by atoms with Crippen LogP contribution in [0.3, 0.4) is 0 Å². The zero-order valence-corrected chi connectivity index (χ0v) is 10.1. The Morgan fingerprint density at radius 3 is 2.74 bits per heavy atom. The Hall–Kier alpha value is -2.28. The predicted octanol–water partition coefficient (Wildman–Crippen LogP) is 1.44. The Labute approximate surface area is 108 Å². The van der Waals surface area contributed by atoms with Crippen LogP contribution < -0.4 is 5.32 Å². The molecule has 0 bridgehead atoms. The van der Waals surface area contributed by atoms with Crippen LogP contribution >= 0.6 is 0 Å². The van der Waals surface area contributed by atoms with E-state index in [1.807, 2.05) is 0 Å². The Kier molecular flexibility index (Phi) is 3.86. The fourth-order valence-corrected chi connectivity index (χ4v) is 1.36. The van der Waals surface area contributed by atoms with Crippen molar-refractivity contribution in [1.29, 1.82) is 0 Å². The second kappa shape index (κ2) is 5.57. The van der Waals surface area contributed by atoms with Crippen molar-refractivity contribution < 1.29 is 18.7 Å². The Morgan fingerprint density at radius 2 is 2.11 bits per heavy atom. The first-order valence-electron chi connectivity index (χ1n) is 5.61. The highest BCUT2D eigenvalue weighted by molar-refractivity contribution is 5.72. The predicted molar refractivity (Wildman–Crippen MR) is 63.6 cm³/mol. The third kappa shape index (κ3) is 3.35. The van der Waals surface area contributed by atoms with Crippen LogP contribution in [0.5, 0.6) is 0 Å². The third-order valence-corrected chi connectivity index (χ3v) is 2.49. The van der Waals surface area contributed by atoms with Gasteiger partial charge in [0.1, 0.15) is 11.9 Å². The molecule has 0 aliphatic carbocycles. The first-order chi connectivity index (χ1) is 9.06. The van der Waals surface area contributed by atoms with E-state index in [0.717, 1.165) is 0 Å². The van der Waals surface area contributed by atoms with Crippen LogP contribution in [0.25, 0.3) is 11.5 Å². The van der Waals surface area contributed by atoms with Gasteiger partial charge in [0.15, 0.2) is 0 Å². The molecule has 2 aromatic rings. The molecule has 1 aromatic carbocycles. The summed E-state index contributed by atoms with van der Waals surface area (Å²) in [6.45, 7) is 1.67. The Balaban J connectivity index is 2.03. The lowest BCUT2D eigenvalue weighted by Crippen LogP contribution is -2.33. The number of halogens is 1. The number of carbonyl (C=O) groups is 1. The lowest BCUT2D eigenvalue weighted by atomic mass is 10.2. The topological polar surface area (TPSA) is 88.3 Å². The molecule has 6 nitrogen and oxygen atoms in total. The van der Waals surface area contributed by atoms with Gasteiger partial charge in [-0.15, -0.1) is 10.2 Å². The Morgan fingerprint density at radius 1 is 1.42 bits per heavy atom. The van der Waals surface area contributed by atoms with Crippen molar-refractivity contribution in [2.24, 2.45) is 0 Å². The molecule has 2 N–H and O–H groups in total. The smallest absolute Gasteiger partial charge is 0.320 e. The van der Waals surface area contributed by atoms with Crippen molar-refractivity contribution in [3.05, 3.63) is 36.0 Å². The van der Waals surface area contributed by atoms with Crippen molar-refractivity contribution in [3.63, 3.8) is 0 Å². The number of hydrogen-bond acceptors (Lipinski definition) is 5. The fourth-order valence-electron chi connectivity index (χ4n) is 1.36. The number of benzene rings is 1. The second-order valence-electron chi connectivity index (χ2n) is 3.95. The average molecular weight is 265 g/mol. The van der Waals surface area contributed by atoms with Gasteiger partial charge in [0.2, 0.25) is 11.8 Å². The summed E-state index contributed by atoms with van der Waals surface area (Å²) in [5.41, 5.74) is 0.603. The van der Waals surface area contributed by atoms with E-state index in [1.165, 1.54) is 31.2 Å². The zero-order valence-electron chi connectivity index (χ0n) is 10.1. The number of aromatic nitrogens is 2. The molecule has 0 fully saturated rings. The first-order valence-corrected chi connectivity index (χ1v) is 5.61. The SMILES string of the molecule is CC(NCc1nnc(-c2ccc(F)cc2)o1)C(=O)O. The summed E-state index contributed by atoms with van der Waals surface area (Å²) in [5.74, 6) is -0.772. The minimum Gasteiger partial charge on any atom is -0.480 e. The van der Waals surface area contributed by atoms with Gasteiger partial charge in [0.05, 0.1) is 6.54 Å². The molecule has 1 aromatic heterocycles. The maximum atomic E-state index is 12.8. The van der Waals surface area contributed by atoms with Gasteiger partial charge in [-0.1, -0.05) is 0 Å². The molecule has 100 valence electrons. The lowest BCUT2D eigenvalue weighted by molar-refractivity contribution is -0.139. The summed E-state index contributed by atoms with van der Waals surface area (Å²) in [7, 11) is 0. The second-order valence-corrected chi connectivity index (χ2v) is 3.95. The van der Waals surface area contributed by atoms with Crippen LogP contribution in [0.2, 0.25) is 0 Å². The number of nitrogens with zero attached hydrogens (tertiary/aromatic N) is 2. The van der Waals surface area contributed by atoms with Gasteiger partial charge in [-0.25, -0.2) is 4.39 Å². The van der Waals surface area contributed by atoms with Crippen molar-refractivity contribution in [1.82, 2.24) is 15.5 Å². The lowest BCUT2D eigenvalue weighted by Gasteiger charge is -2.05. The standard InChI is InChI=1S/C12H12FN3O3/c1-7(12(17)18)14-6-10-15-16-11(19-10)8-2-4-9(13)5-3-8/h2-5,7,14H,6H2,1H3,(H,17,18). The summed E-state index contributed by atoms with van der Waals surface area (Å²) in [6, 6.07) is 4.94. The average Bonchev–Trinajstić information content (AvgIpc) is 2.85. The van der Waals surface area contributed by atoms with E-state index >= 15 is 0 Å². The van der Waals surface area contributed by atoms with E-state index in [0.29, 0.717) is 5.56 Å². The van der Waals surface area contributed by atoms with Gasteiger partial charge >= 0.3 is 5.97 Å². The van der Waals surface area contributed by atoms with Crippen molar-refractivity contribution in [2.75, 3.05) is 0 Å². The monoisotopic (exact) mass is 265 g/mol. The van der Waals surface area contributed by atoms with E-state index in [2.05, 4.69) is 15.5 Å². The fraction of sp³-hybridized carbons (Fsp3) is 0.250. The van der Waals surface area contributed by atoms with Crippen LogP contribution in [0.4, 0.5) is 4.39 Å². The molecule has 0 saturated carbocycles. The normalized spacial score (nSPS) is 12.3. The number of hydrogen-bond donors (Lipinski definition) is 2. The van der Waals surface area contributed by atoms with E-state index in [-0.39, 0.29) is 24.1 Å². The maximum absolute atomic E-state index is 12.8. The molecule has 0 aliphatic rings. The molecular weight excluding hydrogens is 253 g/mol. The number of carboxylic acids is 1. The third-order valence-electron chi connectivity index (χ3n) is 2.49. The molecule has 0 saturated heterocycles. The van der Waals surface area contributed by atoms with E-state index in [1.54, 1.807) is 0 Å². The van der Waals surface area contributed by atoms with Crippen LogP contribution in [-0.2, 0) is 11.3 Å². The van der Waals surface area contributed by atoms with Gasteiger partial charge < -0.3 is 9.52 Å². The highest BCUT2D eigenvalue weighted by Gasteiger charge is 2.13.